The van der Waals surface area contributed by atoms with Crippen molar-refractivity contribution in [3.8, 4) is 11.1 Å². The quantitative estimate of drug-likeness (QED) is 0.208. The van der Waals surface area contributed by atoms with Crippen molar-refractivity contribution in [1.82, 2.24) is 5.32 Å². The van der Waals surface area contributed by atoms with Gasteiger partial charge in [-0.15, -0.1) is 0 Å². The number of ether oxygens (including phenoxy) is 1. The number of rotatable bonds is 15. The highest BCUT2D eigenvalue weighted by Crippen LogP contribution is 2.29. The fourth-order valence-electron chi connectivity index (χ4n) is 4.36. The second-order valence-corrected chi connectivity index (χ2v) is 14.4. The summed E-state index contributed by atoms with van der Waals surface area (Å²) < 4.78 is 30.6. The molecule has 0 saturated carbocycles. The number of halogens is 1. The van der Waals surface area contributed by atoms with E-state index >= 15 is 0 Å². The molecule has 220 valence electrons. The molecule has 0 aliphatic rings. The molecule has 0 bridgehead atoms. The predicted molar refractivity (Wildman–Crippen MR) is 169 cm³/mol. The van der Waals surface area contributed by atoms with Crippen LogP contribution in [0.25, 0.3) is 11.1 Å². The summed E-state index contributed by atoms with van der Waals surface area (Å²) in [6.45, 7) is 4.41. The first kappa shape index (κ1) is 32.8. The van der Waals surface area contributed by atoms with E-state index < -0.39 is 27.8 Å². The third-order valence-corrected chi connectivity index (χ3v) is 8.98. The Hall–Kier alpha value is -2.66. The lowest BCUT2D eigenvalue weighted by Gasteiger charge is -2.20. The topological polar surface area (TPSA) is 110 Å². The fourth-order valence-corrected chi connectivity index (χ4v) is 6.18. The van der Waals surface area contributed by atoms with Crippen LogP contribution >= 0.6 is 27.7 Å². The average molecular weight is 663 g/mol. The van der Waals surface area contributed by atoms with Gasteiger partial charge in [-0.1, -0.05) is 65.3 Å². The Bertz CT molecular complexity index is 1460. The number of aryl methyl sites for hydroxylation is 1. The molecule has 0 heterocycles. The first-order valence-electron chi connectivity index (χ1n) is 13.3. The third kappa shape index (κ3) is 10.6. The predicted octanol–water partition coefficient (Wildman–Crippen LogP) is 5.92. The largest absolute Gasteiger partial charge is 0.480 e. The van der Waals surface area contributed by atoms with Crippen molar-refractivity contribution < 1.29 is 27.9 Å². The van der Waals surface area contributed by atoms with Crippen LogP contribution in [0.1, 0.15) is 40.4 Å². The average Bonchev–Trinajstić information content (AvgIpc) is 2.92. The molecule has 0 fully saturated rings. The van der Waals surface area contributed by atoms with Gasteiger partial charge in [-0.25, -0.2) is 13.2 Å². The van der Waals surface area contributed by atoms with Gasteiger partial charge in [0.2, 0.25) is 0 Å². The summed E-state index contributed by atoms with van der Waals surface area (Å²) >= 11 is 5.36. The molecule has 7 nitrogen and oxygen atoms in total. The Morgan fingerprint density at radius 1 is 1.02 bits per heavy atom. The first-order valence-corrected chi connectivity index (χ1v) is 17.3. The van der Waals surface area contributed by atoms with E-state index in [9.17, 15) is 23.1 Å². The van der Waals surface area contributed by atoms with Crippen LogP contribution in [0, 0.1) is 6.92 Å². The van der Waals surface area contributed by atoms with Crippen LogP contribution in [0.3, 0.4) is 0 Å². The highest BCUT2D eigenvalue weighted by Gasteiger charge is 2.24. The normalized spacial score (nSPS) is 13.0. The number of hydrogen-bond acceptors (Lipinski definition) is 6. The Morgan fingerprint density at radius 2 is 1.78 bits per heavy atom. The number of benzene rings is 3. The molecule has 0 saturated heterocycles. The second kappa shape index (κ2) is 15.5. The van der Waals surface area contributed by atoms with E-state index in [-0.39, 0.29) is 18.3 Å². The highest BCUT2D eigenvalue weighted by atomic mass is 79.9. The zero-order valence-electron chi connectivity index (χ0n) is 23.4. The summed E-state index contributed by atoms with van der Waals surface area (Å²) in [5, 5.41) is 12.1. The Labute approximate surface area is 255 Å². The van der Waals surface area contributed by atoms with Crippen molar-refractivity contribution in [3.05, 3.63) is 93.5 Å². The van der Waals surface area contributed by atoms with E-state index in [0.29, 0.717) is 17.7 Å². The molecule has 3 rings (SSSR count). The van der Waals surface area contributed by atoms with Crippen molar-refractivity contribution >= 4 is 49.4 Å². The van der Waals surface area contributed by atoms with E-state index in [2.05, 4.69) is 40.3 Å². The van der Waals surface area contributed by atoms with Crippen LogP contribution < -0.4 is 5.32 Å². The van der Waals surface area contributed by atoms with E-state index in [1.54, 1.807) is 6.07 Å². The molecule has 10 heteroatoms. The number of carboxylic acid groups (broad SMARTS) is 1. The van der Waals surface area contributed by atoms with E-state index in [4.69, 9.17) is 4.74 Å². The molecule has 2 atom stereocenters. The standard InChI is InChI=1S/C31H36BrNO6S2/c1-4-40-20-25(17-22-9-7-10-24(32)16-22)39-19-23-12-13-27(28(18-23)26-11-6-5-8-21(26)2)30(34)33-29(31(35)36)14-15-41(3,37)38/h5-13,16,18,25,29H,4,14-15,17,19-20H2,1-3H3,(H,33,34)(H,35,36)/t25-,29+/m1/s1. The number of hydrogen-bond donors (Lipinski definition) is 2. The van der Waals surface area contributed by atoms with Crippen molar-refractivity contribution in [2.75, 3.05) is 23.5 Å². The summed E-state index contributed by atoms with van der Waals surface area (Å²) in [5.41, 5.74) is 4.82. The molecule has 0 aliphatic heterocycles. The maximum Gasteiger partial charge on any atom is 0.326 e. The number of sulfone groups is 1. The molecule has 0 unspecified atom stereocenters. The number of nitrogens with one attached hydrogen (secondary N) is 1. The van der Waals surface area contributed by atoms with Gasteiger partial charge in [0.05, 0.1) is 18.5 Å². The van der Waals surface area contributed by atoms with Gasteiger partial charge < -0.3 is 15.2 Å². The van der Waals surface area contributed by atoms with Crippen LogP contribution in [0.15, 0.2) is 71.2 Å². The molecular formula is C31H36BrNO6S2. The lowest BCUT2D eigenvalue weighted by Crippen LogP contribution is -2.42. The van der Waals surface area contributed by atoms with E-state index in [1.807, 2.05) is 67.2 Å². The lowest BCUT2D eigenvalue weighted by atomic mass is 9.93. The van der Waals surface area contributed by atoms with E-state index in [0.717, 1.165) is 45.3 Å². The maximum atomic E-state index is 13.4. The molecular weight excluding hydrogens is 626 g/mol. The van der Waals surface area contributed by atoms with Crippen LogP contribution in [0.4, 0.5) is 0 Å². The van der Waals surface area contributed by atoms with E-state index in [1.165, 1.54) is 5.56 Å². The van der Waals surface area contributed by atoms with Gasteiger partial charge >= 0.3 is 5.97 Å². The molecule has 1 amide bonds. The van der Waals surface area contributed by atoms with Crippen molar-refractivity contribution in [3.63, 3.8) is 0 Å². The number of carboxylic acids is 1. The lowest BCUT2D eigenvalue weighted by molar-refractivity contribution is -0.139. The SMILES string of the molecule is CCSC[C@@H](Cc1cccc(Br)c1)OCc1ccc(C(=O)N[C@@H](CCS(C)(=O)=O)C(=O)O)c(-c2ccccc2C)c1. The zero-order valence-corrected chi connectivity index (χ0v) is 26.7. The summed E-state index contributed by atoms with van der Waals surface area (Å²) in [6.07, 6.45) is 1.57. The summed E-state index contributed by atoms with van der Waals surface area (Å²) in [5.74, 6) is -0.378. The van der Waals surface area contributed by atoms with Gasteiger partial charge in [-0.05, 0) is 77.6 Å². The number of amides is 1. The molecule has 3 aromatic carbocycles. The van der Waals surface area contributed by atoms with Crippen molar-refractivity contribution in [2.24, 2.45) is 0 Å². The Kier molecular flexibility index (Phi) is 12.4. The van der Waals surface area contributed by atoms with Crippen LogP contribution in [-0.2, 0) is 32.4 Å². The fraction of sp³-hybridized carbons (Fsp3) is 0.355. The second-order valence-electron chi connectivity index (χ2n) is 9.90. The highest BCUT2D eigenvalue weighted by molar-refractivity contribution is 9.10. The molecule has 0 spiro atoms. The van der Waals surface area contributed by atoms with Crippen LogP contribution in [0.2, 0.25) is 0 Å². The number of carbonyl (C=O) groups excluding carboxylic acids is 1. The Morgan fingerprint density at radius 3 is 2.44 bits per heavy atom. The summed E-state index contributed by atoms with van der Waals surface area (Å²) in [4.78, 5) is 25.1. The van der Waals surface area contributed by atoms with Gasteiger partial charge in [0.1, 0.15) is 15.9 Å². The van der Waals surface area contributed by atoms with Gasteiger partial charge in [0.25, 0.3) is 5.91 Å². The minimum atomic E-state index is -3.39. The van der Waals surface area contributed by atoms with Crippen LogP contribution in [-0.4, -0.2) is 61.1 Å². The molecule has 0 aliphatic carbocycles. The smallest absolute Gasteiger partial charge is 0.326 e. The zero-order chi connectivity index (χ0) is 30.0. The molecule has 3 aromatic rings. The minimum absolute atomic E-state index is 0.00898. The van der Waals surface area contributed by atoms with Gasteiger partial charge in [0, 0.05) is 22.0 Å². The van der Waals surface area contributed by atoms with Crippen molar-refractivity contribution in [2.45, 2.75) is 45.4 Å². The molecule has 41 heavy (non-hydrogen) atoms. The van der Waals surface area contributed by atoms with Gasteiger partial charge in [-0.2, -0.15) is 11.8 Å². The van der Waals surface area contributed by atoms with Gasteiger partial charge in [-0.3, -0.25) is 4.79 Å². The molecule has 0 radical (unpaired) electrons. The number of aliphatic carboxylic acids is 1. The minimum Gasteiger partial charge on any atom is -0.480 e. The molecule has 0 aromatic heterocycles. The third-order valence-electron chi connectivity index (χ3n) is 6.49. The maximum absolute atomic E-state index is 13.4. The molecule has 2 N–H and O–H groups in total. The summed E-state index contributed by atoms with van der Waals surface area (Å²) in [6, 6.07) is 19.9. The Balaban J connectivity index is 1.87. The number of carbonyl (C=O) groups is 2. The monoisotopic (exact) mass is 661 g/mol. The van der Waals surface area contributed by atoms with Gasteiger partial charge in [0.15, 0.2) is 0 Å². The number of thioether (sulfide) groups is 1. The first-order chi connectivity index (χ1) is 19.5. The van der Waals surface area contributed by atoms with Crippen LogP contribution in [0.5, 0.6) is 0 Å². The summed E-state index contributed by atoms with van der Waals surface area (Å²) in [7, 11) is -3.39. The van der Waals surface area contributed by atoms with Crippen molar-refractivity contribution in [1.29, 1.82) is 0 Å².